The third-order valence-electron chi connectivity index (χ3n) is 5.62. The van der Waals surface area contributed by atoms with E-state index in [1.165, 1.54) is 12.1 Å². The number of nitro groups is 1. The number of benzene rings is 1. The van der Waals surface area contributed by atoms with Crippen molar-refractivity contribution < 1.29 is 19.2 Å². The van der Waals surface area contributed by atoms with Crippen molar-refractivity contribution in [3.8, 4) is 0 Å². The number of rotatable bonds is 6. The quantitative estimate of drug-likeness (QED) is 0.574. The molecule has 1 amide bonds. The van der Waals surface area contributed by atoms with Gasteiger partial charge in [-0.05, 0) is 12.5 Å². The Labute approximate surface area is 162 Å². The maximum absolute atomic E-state index is 12.8. The third kappa shape index (κ3) is 3.87. The van der Waals surface area contributed by atoms with Crippen LogP contribution in [0.1, 0.15) is 16.8 Å². The van der Waals surface area contributed by atoms with Crippen molar-refractivity contribution in [2.24, 2.45) is 5.92 Å². The van der Waals surface area contributed by atoms with Gasteiger partial charge in [-0.2, -0.15) is 0 Å². The fourth-order valence-electron chi connectivity index (χ4n) is 4.06. The Morgan fingerprint density at radius 2 is 2.14 bits per heavy atom. The Hall–Kier alpha value is -2.49. The second-order valence-electron chi connectivity index (χ2n) is 7.24. The summed E-state index contributed by atoms with van der Waals surface area (Å²) in [6.45, 7) is 5.05. The maximum Gasteiger partial charge on any atom is 0.270 e. The monoisotopic (exact) mass is 388 g/mol. The number of nitrogens with one attached hydrogen (secondary N) is 2. The smallest absolute Gasteiger partial charge is 0.270 e. The number of aromatic amines is 1. The van der Waals surface area contributed by atoms with Gasteiger partial charge in [0, 0.05) is 67.4 Å². The van der Waals surface area contributed by atoms with Crippen LogP contribution in [-0.2, 0) is 9.47 Å². The largest absolute Gasteiger partial charge is 0.381 e. The van der Waals surface area contributed by atoms with E-state index < -0.39 is 4.92 Å². The van der Waals surface area contributed by atoms with Gasteiger partial charge in [0.05, 0.1) is 30.3 Å². The van der Waals surface area contributed by atoms with Gasteiger partial charge >= 0.3 is 0 Å². The molecular formula is C19H24N4O5. The summed E-state index contributed by atoms with van der Waals surface area (Å²) < 4.78 is 11.0. The Balaban J connectivity index is 1.49. The Morgan fingerprint density at radius 1 is 1.32 bits per heavy atom. The molecule has 150 valence electrons. The number of amides is 1. The molecule has 2 aromatic rings. The number of nitrogens with zero attached hydrogens (tertiary/aromatic N) is 2. The van der Waals surface area contributed by atoms with E-state index in [-0.39, 0.29) is 17.6 Å². The average Bonchev–Trinajstić information content (AvgIpc) is 3.38. The molecule has 2 aliphatic heterocycles. The van der Waals surface area contributed by atoms with Crippen LogP contribution in [0.3, 0.4) is 0 Å². The molecule has 1 aromatic heterocycles. The Kier molecular flexibility index (Phi) is 5.56. The lowest BCUT2D eigenvalue weighted by Crippen LogP contribution is -2.52. The van der Waals surface area contributed by atoms with Crippen LogP contribution in [0, 0.1) is 16.0 Å². The van der Waals surface area contributed by atoms with E-state index in [0.717, 1.165) is 26.1 Å². The van der Waals surface area contributed by atoms with Crippen molar-refractivity contribution in [2.45, 2.75) is 12.5 Å². The summed E-state index contributed by atoms with van der Waals surface area (Å²) in [6, 6.07) is 4.67. The minimum atomic E-state index is -0.456. The van der Waals surface area contributed by atoms with Gasteiger partial charge in [0.25, 0.3) is 11.6 Å². The fraction of sp³-hybridized carbons (Fsp3) is 0.526. The molecule has 0 saturated carbocycles. The normalized spacial score (nSPS) is 21.6. The highest BCUT2D eigenvalue weighted by molar-refractivity contribution is 6.07. The molecule has 0 aliphatic carbocycles. The summed E-state index contributed by atoms with van der Waals surface area (Å²) >= 11 is 0. The SMILES string of the molecule is O=C(NC[C@H]([C@@H]1CCOC1)N1CCOCC1)c1c[nH]c2ccc([N+](=O)[O-])cc12. The summed E-state index contributed by atoms with van der Waals surface area (Å²) in [6.07, 6.45) is 2.59. The number of carbonyl (C=O) groups is 1. The van der Waals surface area contributed by atoms with Crippen molar-refractivity contribution >= 4 is 22.5 Å². The fourth-order valence-corrected chi connectivity index (χ4v) is 4.06. The van der Waals surface area contributed by atoms with E-state index in [1.807, 2.05) is 0 Å². The van der Waals surface area contributed by atoms with Crippen LogP contribution in [-0.4, -0.2) is 72.8 Å². The van der Waals surface area contributed by atoms with E-state index in [0.29, 0.717) is 48.7 Å². The first-order chi connectivity index (χ1) is 13.6. The molecule has 0 unspecified atom stereocenters. The molecule has 0 radical (unpaired) electrons. The summed E-state index contributed by atoms with van der Waals surface area (Å²) in [5.41, 5.74) is 1.09. The van der Waals surface area contributed by atoms with Gasteiger partial charge in [0.2, 0.25) is 0 Å². The lowest BCUT2D eigenvalue weighted by Gasteiger charge is -2.37. The first-order valence-electron chi connectivity index (χ1n) is 9.57. The molecule has 9 heteroatoms. The minimum Gasteiger partial charge on any atom is -0.381 e. The molecule has 2 N–H and O–H groups in total. The van der Waals surface area contributed by atoms with Gasteiger partial charge in [0.1, 0.15) is 0 Å². The van der Waals surface area contributed by atoms with E-state index in [9.17, 15) is 14.9 Å². The van der Waals surface area contributed by atoms with Gasteiger partial charge in [-0.15, -0.1) is 0 Å². The first kappa shape index (κ1) is 18.9. The van der Waals surface area contributed by atoms with Gasteiger partial charge in [-0.25, -0.2) is 0 Å². The zero-order valence-electron chi connectivity index (χ0n) is 15.6. The minimum absolute atomic E-state index is 0.0320. The van der Waals surface area contributed by atoms with Gasteiger partial charge in [-0.3, -0.25) is 19.8 Å². The van der Waals surface area contributed by atoms with Crippen molar-refractivity contribution in [3.63, 3.8) is 0 Å². The molecule has 2 fully saturated rings. The predicted octanol–water partition coefficient (Wildman–Crippen LogP) is 1.54. The van der Waals surface area contributed by atoms with Crippen LogP contribution in [0.5, 0.6) is 0 Å². The summed E-state index contributed by atoms with van der Waals surface area (Å²) in [5, 5.41) is 14.6. The van der Waals surface area contributed by atoms with Crippen molar-refractivity contribution in [1.29, 1.82) is 0 Å². The van der Waals surface area contributed by atoms with Crippen LogP contribution < -0.4 is 5.32 Å². The molecule has 1 aromatic carbocycles. The van der Waals surface area contributed by atoms with Crippen LogP contribution in [0.4, 0.5) is 5.69 Å². The number of nitro benzene ring substituents is 1. The number of carbonyl (C=O) groups excluding carboxylic acids is 1. The van der Waals surface area contributed by atoms with Gasteiger partial charge in [-0.1, -0.05) is 0 Å². The van der Waals surface area contributed by atoms with Crippen LogP contribution in [0.2, 0.25) is 0 Å². The summed E-state index contributed by atoms with van der Waals surface area (Å²) in [5.74, 6) is 0.145. The first-order valence-corrected chi connectivity index (χ1v) is 9.57. The van der Waals surface area contributed by atoms with Crippen LogP contribution in [0.25, 0.3) is 10.9 Å². The number of non-ortho nitro benzene ring substituents is 1. The number of aromatic nitrogens is 1. The molecule has 4 rings (SSSR count). The molecule has 9 nitrogen and oxygen atoms in total. The second-order valence-corrected chi connectivity index (χ2v) is 7.24. The molecule has 0 bridgehead atoms. The molecule has 2 saturated heterocycles. The summed E-state index contributed by atoms with van der Waals surface area (Å²) in [4.78, 5) is 28.8. The van der Waals surface area contributed by atoms with Crippen LogP contribution in [0.15, 0.2) is 24.4 Å². The van der Waals surface area contributed by atoms with Gasteiger partial charge in [0.15, 0.2) is 0 Å². The van der Waals surface area contributed by atoms with E-state index in [1.54, 1.807) is 12.3 Å². The highest BCUT2D eigenvalue weighted by Crippen LogP contribution is 2.25. The summed E-state index contributed by atoms with van der Waals surface area (Å²) in [7, 11) is 0. The standard InChI is InChI=1S/C19H24N4O5/c24-19(16-10-20-17-2-1-14(23(25)26)9-15(16)17)21-11-18(13-3-6-28-12-13)22-4-7-27-8-5-22/h1-2,9-10,13,18,20H,3-8,11-12H2,(H,21,24)/t13-,18-/m1/s1. The van der Waals surface area contributed by atoms with E-state index in [2.05, 4.69) is 15.2 Å². The van der Waals surface area contributed by atoms with Crippen molar-refractivity contribution in [1.82, 2.24) is 15.2 Å². The zero-order chi connectivity index (χ0) is 19.5. The number of morpholine rings is 1. The molecular weight excluding hydrogens is 364 g/mol. The number of hydrogen-bond acceptors (Lipinski definition) is 6. The van der Waals surface area contributed by atoms with E-state index in [4.69, 9.17) is 9.47 Å². The number of H-pyrrole nitrogens is 1. The Bertz CT molecular complexity index is 855. The molecule has 2 aliphatic rings. The molecule has 28 heavy (non-hydrogen) atoms. The molecule has 2 atom stereocenters. The van der Waals surface area contributed by atoms with Crippen molar-refractivity contribution in [2.75, 3.05) is 46.1 Å². The lowest BCUT2D eigenvalue weighted by molar-refractivity contribution is -0.384. The number of ether oxygens (including phenoxy) is 2. The highest BCUT2D eigenvalue weighted by Gasteiger charge is 2.32. The average molecular weight is 388 g/mol. The molecule has 0 spiro atoms. The third-order valence-corrected chi connectivity index (χ3v) is 5.62. The van der Waals surface area contributed by atoms with Crippen molar-refractivity contribution in [3.05, 3.63) is 40.1 Å². The number of fused-ring (bicyclic) bond motifs is 1. The predicted molar refractivity (Wildman–Crippen MR) is 102 cm³/mol. The zero-order valence-corrected chi connectivity index (χ0v) is 15.6. The second kappa shape index (κ2) is 8.26. The highest BCUT2D eigenvalue weighted by atomic mass is 16.6. The van der Waals surface area contributed by atoms with Crippen LogP contribution >= 0.6 is 0 Å². The topological polar surface area (TPSA) is 110 Å². The maximum atomic E-state index is 12.8. The Morgan fingerprint density at radius 3 is 2.86 bits per heavy atom. The van der Waals surface area contributed by atoms with Gasteiger partial charge < -0.3 is 19.8 Å². The lowest BCUT2D eigenvalue weighted by atomic mass is 9.96. The molecule has 3 heterocycles. The number of hydrogen-bond donors (Lipinski definition) is 2. The van der Waals surface area contributed by atoms with E-state index >= 15 is 0 Å².